The van der Waals surface area contributed by atoms with Crippen LogP contribution < -0.4 is 16.0 Å². The van der Waals surface area contributed by atoms with E-state index in [4.69, 9.17) is 0 Å². The molecule has 0 aromatic heterocycles. The minimum Gasteiger partial charge on any atom is -0.350 e. The fraction of sp³-hybridized carbons (Fsp3) is 0.500. The Hall–Kier alpha value is -2.37. The maximum absolute atomic E-state index is 12.2. The molecule has 0 saturated heterocycles. The van der Waals surface area contributed by atoms with Gasteiger partial charge < -0.3 is 16.0 Å². The molecule has 3 N–H and O–H groups in total. The number of rotatable bonds is 6. The van der Waals surface area contributed by atoms with Crippen LogP contribution in [-0.2, 0) is 20.9 Å². The summed E-state index contributed by atoms with van der Waals surface area (Å²) in [5, 5.41) is 8.27. The molecule has 1 saturated carbocycles. The van der Waals surface area contributed by atoms with Crippen molar-refractivity contribution in [3.05, 3.63) is 29.8 Å². The fourth-order valence-corrected chi connectivity index (χ4v) is 2.90. The van der Waals surface area contributed by atoms with Crippen molar-refractivity contribution < 1.29 is 14.4 Å². The lowest BCUT2D eigenvalue weighted by atomic mass is 10.1. The van der Waals surface area contributed by atoms with E-state index in [1.54, 1.807) is 6.92 Å². The molecule has 1 unspecified atom stereocenters. The summed E-state index contributed by atoms with van der Waals surface area (Å²) in [6, 6.07) is 6.86. The zero-order valence-corrected chi connectivity index (χ0v) is 14.2. The summed E-state index contributed by atoms with van der Waals surface area (Å²) in [6.07, 6.45) is 4.17. The first kappa shape index (κ1) is 18.0. The summed E-state index contributed by atoms with van der Waals surface area (Å²) in [5.41, 5.74) is 1.64. The number of nitrogens with one attached hydrogen (secondary N) is 3. The summed E-state index contributed by atoms with van der Waals surface area (Å²) in [7, 11) is 0. The van der Waals surface area contributed by atoms with Crippen LogP contribution in [0.15, 0.2) is 24.3 Å². The fourth-order valence-electron chi connectivity index (χ4n) is 2.90. The molecule has 0 spiro atoms. The van der Waals surface area contributed by atoms with Gasteiger partial charge in [0.25, 0.3) is 0 Å². The minimum atomic E-state index is -0.576. The minimum absolute atomic E-state index is 0.0768. The van der Waals surface area contributed by atoms with Gasteiger partial charge in [-0.15, -0.1) is 0 Å². The Morgan fingerprint density at radius 3 is 2.58 bits per heavy atom. The zero-order valence-electron chi connectivity index (χ0n) is 14.2. The van der Waals surface area contributed by atoms with Gasteiger partial charge in [0, 0.05) is 25.1 Å². The summed E-state index contributed by atoms with van der Waals surface area (Å²) >= 11 is 0. The van der Waals surface area contributed by atoms with E-state index in [-0.39, 0.29) is 23.6 Å². The second-order valence-electron chi connectivity index (χ2n) is 6.31. The van der Waals surface area contributed by atoms with Crippen molar-refractivity contribution in [2.75, 3.05) is 5.32 Å². The number of hydrogen-bond donors (Lipinski definition) is 3. The van der Waals surface area contributed by atoms with Crippen LogP contribution in [0.25, 0.3) is 0 Å². The van der Waals surface area contributed by atoms with Crippen LogP contribution in [0.2, 0.25) is 0 Å². The van der Waals surface area contributed by atoms with Gasteiger partial charge in [-0.3, -0.25) is 14.4 Å². The standard InChI is InChI=1S/C18H25N3O3/c1-12(20-13(2)22)17(23)19-11-14-6-5-9-16(10-14)21-18(24)15-7-3-4-8-15/h5-6,9-10,12,15H,3-4,7-8,11H2,1-2H3,(H,19,23)(H,20,22)(H,21,24). The number of amides is 3. The van der Waals surface area contributed by atoms with Crippen LogP contribution in [-0.4, -0.2) is 23.8 Å². The van der Waals surface area contributed by atoms with Crippen LogP contribution in [0.3, 0.4) is 0 Å². The molecule has 1 fully saturated rings. The van der Waals surface area contributed by atoms with E-state index >= 15 is 0 Å². The second kappa shape index (κ2) is 8.47. The average Bonchev–Trinajstić information content (AvgIpc) is 3.07. The first-order valence-electron chi connectivity index (χ1n) is 8.40. The van der Waals surface area contributed by atoms with Crippen LogP contribution in [0.1, 0.15) is 45.1 Å². The SMILES string of the molecule is CC(=O)NC(C)C(=O)NCc1cccc(NC(=O)C2CCCC2)c1. The highest BCUT2D eigenvalue weighted by molar-refractivity contribution is 5.92. The van der Waals surface area contributed by atoms with E-state index in [0.717, 1.165) is 36.9 Å². The van der Waals surface area contributed by atoms with E-state index in [2.05, 4.69) is 16.0 Å². The normalized spacial score (nSPS) is 15.6. The van der Waals surface area contributed by atoms with E-state index in [9.17, 15) is 14.4 Å². The Bertz CT molecular complexity index is 609. The molecule has 3 amide bonds. The van der Waals surface area contributed by atoms with Gasteiger partial charge in [0.05, 0.1) is 0 Å². The number of hydrogen-bond acceptors (Lipinski definition) is 3. The quantitative estimate of drug-likeness (QED) is 0.744. The molecule has 1 aromatic rings. The first-order chi connectivity index (χ1) is 11.5. The molecule has 0 bridgehead atoms. The third-order valence-electron chi connectivity index (χ3n) is 4.20. The molecule has 1 aliphatic carbocycles. The monoisotopic (exact) mass is 331 g/mol. The third-order valence-corrected chi connectivity index (χ3v) is 4.20. The maximum Gasteiger partial charge on any atom is 0.242 e. The summed E-state index contributed by atoms with van der Waals surface area (Å²) < 4.78 is 0. The van der Waals surface area contributed by atoms with Gasteiger partial charge in [0.1, 0.15) is 6.04 Å². The first-order valence-corrected chi connectivity index (χ1v) is 8.40. The lowest BCUT2D eigenvalue weighted by molar-refractivity contribution is -0.127. The Balaban J connectivity index is 1.87. The van der Waals surface area contributed by atoms with Gasteiger partial charge in [-0.05, 0) is 37.5 Å². The topological polar surface area (TPSA) is 87.3 Å². The number of carbonyl (C=O) groups excluding carboxylic acids is 3. The third kappa shape index (κ3) is 5.37. The molecule has 1 aromatic carbocycles. The molecule has 0 aliphatic heterocycles. The van der Waals surface area contributed by atoms with Gasteiger partial charge in [-0.2, -0.15) is 0 Å². The number of benzene rings is 1. The summed E-state index contributed by atoms with van der Waals surface area (Å²) in [6.45, 7) is 3.35. The van der Waals surface area contributed by atoms with Crippen LogP contribution in [0.4, 0.5) is 5.69 Å². The highest BCUT2D eigenvalue weighted by Crippen LogP contribution is 2.26. The zero-order chi connectivity index (χ0) is 17.5. The summed E-state index contributed by atoms with van der Waals surface area (Å²) in [4.78, 5) is 35.0. The van der Waals surface area contributed by atoms with Crippen LogP contribution in [0.5, 0.6) is 0 Å². The van der Waals surface area contributed by atoms with Crippen molar-refractivity contribution in [2.45, 2.75) is 52.1 Å². The number of carbonyl (C=O) groups is 3. The average molecular weight is 331 g/mol. The van der Waals surface area contributed by atoms with Gasteiger partial charge in [-0.25, -0.2) is 0 Å². The summed E-state index contributed by atoms with van der Waals surface area (Å²) in [5.74, 6) is -0.292. The Morgan fingerprint density at radius 2 is 1.92 bits per heavy atom. The molecular weight excluding hydrogens is 306 g/mol. The highest BCUT2D eigenvalue weighted by atomic mass is 16.2. The molecular formula is C18H25N3O3. The molecule has 6 nitrogen and oxygen atoms in total. The molecule has 0 radical (unpaired) electrons. The Morgan fingerprint density at radius 1 is 1.21 bits per heavy atom. The molecule has 6 heteroatoms. The predicted molar refractivity (Wildman–Crippen MR) is 92.2 cm³/mol. The van der Waals surface area contributed by atoms with Crippen molar-refractivity contribution in [1.82, 2.24) is 10.6 Å². The smallest absolute Gasteiger partial charge is 0.242 e. The van der Waals surface area contributed by atoms with Gasteiger partial charge >= 0.3 is 0 Å². The molecule has 1 aliphatic rings. The van der Waals surface area contributed by atoms with Crippen molar-refractivity contribution >= 4 is 23.4 Å². The molecule has 0 heterocycles. The van der Waals surface area contributed by atoms with E-state index in [0.29, 0.717) is 6.54 Å². The van der Waals surface area contributed by atoms with E-state index in [1.807, 2.05) is 24.3 Å². The van der Waals surface area contributed by atoms with Crippen LogP contribution >= 0.6 is 0 Å². The predicted octanol–water partition coefficient (Wildman–Crippen LogP) is 1.96. The van der Waals surface area contributed by atoms with Crippen molar-refractivity contribution in [3.8, 4) is 0 Å². The largest absolute Gasteiger partial charge is 0.350 e. The van der Waals surface area contributed by atoms with Crippen molar-refractivity contribution in [2.24, 2.45) is 5.92 Å². The van der Waals surface area contributed by atoms with Crippen molar-refractivity contribution in [1.29, 1.82) is 0 Å². The Kier molecular flexibility index (Phi) is 6.35. The lowest BCUT2D eigenvalue weighted by Crippen LogP contribution is -2.43. The lowest BCUT2D eigenvalue weighted by Gasteiger charge is -2.14. The maximum atomic E-state index is 12.2. The second-order valence-corrected chi connectivity index (χ2v) is 6.31. The molecule has 130 valence electrons. The van der Waals surface area contributed by atoms with Crippen LogP contribution in [0, 0.1) is 5.92 Å². The van der Waals surface area contributed by atoms with E-state index < -0.39 is 6.04 Å². The van der Waals surface area contributed by atoms with E-state index in [1.165, 1.54) is 6.92 Å². The Labute approximate surface area is 142 Å². The molecule has 2 rings (SSSR count). The van der Waals surface area contributed by atoms with Crippen molar-refractivity contribution in [3.63, 3.8) is 0 Å². The van der Waals surface area contributed by atoms with Gasteiger partial charge in [0.2, 0.25) is 17.7 Å². The van der Waals surface area contributed by atoms with Gasteiger partial charge in [0.15, 0.2) is 0 Å². The van der Waals surface area contributed by atoms with Gasteiger partial charge in [-0.1, -0.05) is 25.0 Å². The highest BCUT2D eigenvalue weighted by Gasteiger charge is 2.22. The number of anilines is 1. The molecule has 24 heavy (non-hydrogen) atoms. The molecule has 1 atom stereocenters.